The number of benzene rings is 1. The third-order valence-electron chi connectivity index (χ3n) is 2.96. The zero-order valence-corrected chi connectivity index (χ0v) is 13.1. The van der Waals surface area contributed by atoms with Crippen LogP contribution in [0.2, 0.25) is 5.02 Å². The first-order chi connectivity index (χ1) is 10.5. The van der Waals surface area contributed by atoms with E-state index in [1.807, 2.05) is 0 Å². The zero-order chi connectivity index (χ0) is 16.1. The first-order valence-corrected chi connectivity index (χ1v) is 7.10. The van der Waals surface area contributed by atoms with Crippen LogP contribution >= 0.6 is 11.6 Å². The van der Waals surface area contributed by atoms with E-state index in [2.05, 4.69) is 10.5 Å². The number of halogens is 1. The quantitative estimate of drug-likeness (QED) is 0.918. The summed E-state index contributed by atoms with van der Waals surface area (Å²) in [5, 5.41) is 7.13. The van der Waals surface area contributed by atoms with Crippen LogP contribution < -0.4 is 10.2 Å². The van der Waals surface area contributed by atoms with Crippen molar-refractivity contribution in [1.29, 1.82) is 0 Å². The molecule has 0 unspecified atom stereocenters. The van der Waals surface area contributed by atoms with Crippen molar-refractivity contribution < 1.29 is 14.1 Å². The maximum atomic E-state index is 11.9. The predicted molar refractivity (Wildman–Crippen MR) is 84.0 cm³/mol. The van der Waals surface area contributed by atoms with Crippen LogP contribution in [-0.4, -0.2) is 23.5 Å². The molecule has 6 nitrogen and oxygen atoms in total. The first-order valence-electron chi connectivity index (χ1n) is 6.72. The molecule has 0 fully saturated rings. The van der Waals surface area contributed by atoms with E-state index in [-0.39, 0.29) is 24.8 Å². The Kier molecular flexibility index (Phi) is 5.16. The number of hydrogen-bond acceptors (Lipinski definition) is 4. The van der Waals surface area contributed by atoms with Gasteiger partial charge >= 0.3 is 0 Å². The average molecular weight is 322 g/mol. The average Bonchev–Trinajstić information content (AvgIpc) is 2.87. The van der Waals surface area contributed by atoms with Crippen molar-refractivity contribution >= 4 is 34.9 Å². The van der Waals surface area contributed by atoms with Gasteiger partial charge in [0.15, 0.2) is 5.82 Å². The van der Waals surface area contributed by atoms with Crippen molar-refractivity contribution in [2.45, 2.75) is 20.3 Å². The Bertz CT molecular complexity index is 667. The van der Waals surface area contributed by atoms with Crippen LogP contribution in [0.15, 0.2) is 34.9 Å². The zero-order valence-electron chi connectivity index (χ0n) is 12.3. The van der Waals surface area contributed by atoms with Crippen LogP contribution in [0.5, 0.6) is 0 Å². The molecule has 1 N–H and O–H groups in total. The van der Waals surface area contributed by atoms with E-state index in [1.165, 1.54) is 11.8 Å². The fraction of sp³-hybridized carbons (Fsp3) is 0.267. The summed E-state index contributed by atoms with van der Waals surface area (Å²) < 4.78 is 4.95. The number of rotatable bonds is 5. The van der Waals surface area contributed by atoms with E-state index in [0.29, 0.717) is 22.3 Å². The largest absolute Gasteiger partial charge is 0.360 e. The molecule has 2 aromatic rings. The van der Waals surface area contributed by atoms with Crippen LogP contribution in [0.3, 0.4) is 0 Å². The highest BCUT2D eigenvalue weighted by Crippen LogP contribution is 2.16. The second-order valence-electron chi connectivity index (χ2n) is 4.77. The number of aromatic nitrogens is 1. The fourth-order valence-electron chi connectivity index (χ4n) is 1.88. The molecule has 0 radical (unpaired) electrons. The van der Waals surface area contributed by atoms with Gasteiger partial charge in [-0.25, -0.2) is 0 Å². The van der Waals surface area contributed by atoms with Crippen LogP contribution in [0.25, 0.3) is 0 Å². The second-order valence-corrected chi connectivity index (χ2v) is 5.21. The number of aryl methyl sites for hydroxylation is 1. The lowest BCUT2D eigenvalue weighted by Crippen LogP contribution is -2.32. The lowest BCUT2D eigenvalue weighted by atomic mass is 10.3. The van der Waals surface area contributed by atoms with E-state index >= 15 is 0 Å². The van der Waals surface area contributed by atoms with E-state index in [1.54, 1.807) is 37.3 Å². The SMILES string of the molecule is CC(=O)N(CCC(=O)Nc1ccc(Cl)cc1)c1cc(C)on1. The number of carbonyl (C=O) groups is 2. The molecule has 1 aromatic carbocycles. The Hall–Kier alpha value is -2.34. The van der Waals surface area contributed by atoms with Gasteiger partial charge in [-0.1, -0.05) is 16.8 Å². The lowest BCUT2D eigenvalue weighted by Gasteiger charge is -2.17. The molecule has 2 rings (SSSR count). The Balaban J connectivity index is 1.93. The normalized spacial score (nSPS) is 10.3. The molecule has 2 amide bonds. The Morgan fingerprint density at radius 3 is 2.55 bits per heavy atom. The van der Waals surface area contributed by atoms with Gasteiger partial charge in [-0.15, -0.1) is 0 Å². The number of nitrogens with zero attached hydrogens (tertiary/aromatic N) is 2. The molecule has 7 heteroatoms. The molecule has 0 atom stereocenters. The predicted octanol–water partition coefficient (Wildman–Crippen LogP) is 3.02. The molecule has 1 heterocycles. The topological polar surface area (TPSA) is 75.4 Å². The van der Waals surface area contributed by atoms with Crippen LogP contribution in [0, 0.1) is 6.92 Å². The highest BCUT2D eigenvalue weighted by molar-refractivity contribution is 6.30. The molecule has 0 bridgehead atoms. The summed E-state index contributed by atoms with van der Waals surface area (Å²) in [4.78, 5) is 25.0. The minimum Gasteiger partial charge on any atom is -0.360 e. The van der Waals surface area contributed by atoms with Crippen LogP contribution in [0.4, 0.5) is 11.5 Å². The van der Waals surface area contributed by atoms with Crippen molar-refractivity contribution in [2.75, 3.05) is 16.8 Å². The number of nitrogens with one attached hydrogen (secondary N) is 1. The van der Waals surface area contributed by atoms with Gasteiger partial charge in [-0.05, 0) is 31.2 Å². The van der Waals surface area contributed by atoms with Crippen molar-refractivity contribution in [3.63, 3.8) is 0 Å². The minimum absolute atomic E-state index is 0.147. The minimum atomic E-state index is -0.201. The Morgan fingerprint density at radius 1 is 1.32 bits per heavy atom. The first kappa shape index (κ1) is 16.0. The molecule has 0 aliphatic carbocycles. The van der Waals surface area contributed by atoms with Gasteiger partial charge in [0.1, 0.15) is 5.76 Å². The van der Waals surface area contributed by atoms with Crippen LogP contribution in [0.1, 0.15) is 19.1 Å². The molecule has 0 spiro atoms. The summed E-state index contributed by atoms with van der Waals surface area (Å²) in [6.07, 6.45) is 0.147. The summed E-state index contributed by atoms with van der Waals surface area (Å²) in [5.74, 6) is 0.609. The summed E-state index contributed by atoms with van der Waals surface area (Å²) in [7, 11) is 0. The monoisotopic (exact) mass is 321 g/mol. The maximum absolute atomic E-state index is 11.9. The number of anilines is 2. The van der Waals surface area contributed by atoms with E-state index in [0.717, 1.165) is 0 Å². The van der Waals surface area contributed by atoms with Crippen LogP contribution in [-0.2, 0) is 9.59 Å². The van der Waals surface area contributed by atoms with Crippen molar-refractivity contribution in [3.05, 3.63) is 41.1 Å². The fourth-order valence-corrected chi connectivity index (χ4v) is 2.01. The number of hydrogen-bond donors (Lipinski definition) is 1. The lowest BCUT2D eigenvalue weighted by molar-refractivity contribution is -0.117. The van der Waals surface area contributed by atoms with E-state index < -0.39 is 0 Å². The standard InChI is InChI=1S/C15H16ClN3O3/c1-10-9-14(18-22-10)19(11(2)20)8-7-15(21)17-13-5-3-12(16)4-6-13/h3-6,9H,7-8H2,1-2H3,(H,17,21). The third kappa shape index (κ3) is 4.33. The molecule has 116 valence electrons. The number of carbonyl (C=O) groups excluding carboxylic acids is 2. The molecule has 0 aliphatic rings. The molecule has 22 heavy (non-hydrogen) atoms. The summed E-state index contributed by atoms with van der Waals surface area (Å²) in [6.45, 7) is 3.38. The molecular formula is C15H16ClN3O3. The Morgan fingerprint density at radius 2 is 2.00 bits per heavy atom. The van der Waals surface area contributed by atoms with Gasteiger partial charge < -0.3 is 9.84 Å². The smallest absolute Gasteiger partial charge is 0.226 e. The molecule has 0 saturated carbocycles. The van der Waals surface area contributed by atoms with Crippen molar-refractivity contribution in [3.8, 4) is 0 Å². The van der Waals surface area contributed by atoms with Gasteiger partial charge in [-0.3, -0.25) is 14.5 Å². The van der Waals surface area contributed by atoms with Gasteiger partial charge in [0.25, 0.3) is 0 Å². The third-order valence-corrected chi connectivity index (χ3v) is 3.21. The van der Waals surface area contributed by atoms with E-state index in [9.17, 15) is 9.59 Å². The highest BCUT2D eigenvalue weighted by Gasteiger charge is 2.16. The maximum Gasteiger partial charge on any atom is 0.226 e. The van der Waals surface area contributed by atoms with Gasteiger partial charge in [0.2, 0.25) is 11.8 Å². The molecular weight excluding hydrogens is 306 g/mol. The van der Waals surface area contributed by atoms with Gasteiger partial charge in [0, 0.05) is 36.7 Å². The number of amides is 2. The Labute approximate surface area is 133 Å². The molecule has 0 saturated heterocycles. The van der Waals surface area contributed by atoms with Gasteiger partial charge in [0.05, 0.1) is 0 Å². The second kappa shape index (κ2) is 7.09. The molecule has 1 aromatic heterocycles. The highest BCUT2D eigenvalue weighted by atomic mass is 35.5. The van der Waals surface area contributed by atoms with E-state index in [4.69, 9.17) is 16.1 Å². The summed E-state index contributed by atoms with van der Waals surface area (Å²) >= 11 is 5.78. The van der Waals surface area contributed by atoms with Crippen molar-refractivity contribution in [2.24, 2.45) is 0 Å². The summed E-state index contributed by atoms with van der Waals surface area (Å²) in [6, 6.07) is 8.46. The molecule has 0 aliphatic heterocycles. The van der Waals surface area contributed by atoms with Gasteiger partial charge in [-0.2, -0.15) is 0 Å². The van der Waals surface area contributed by atoms with Crippen molar-refractivity contribution in [1.82, 2.24) is 5.16 Å². The summed E-state index contributed by atoms with van der Waals surface area (Å²) in [5.41, 5.74) is 0.654.